The lowest BCUT2D eigenvalue weighted by molar-refractivity contribution is -0.132. The fourth-order valence-corrected chi connectivity index (χ4v) is 3.49. The average Bonchev–Trinajstić information content (AvgIpc) is 2.16. The minimum Gasteiger partial charge on any atom is -0.338 e. The van der Waals surface area contributed by atoms with Crippen LogP contribution in [0.2, 0.25) is 0 Å². The molecule has 1 amide bonds. The van der Waals surface area contributed by atoms with Crippen LogP contribution >= 0.6 is 0 Å². The van der Waals surface area contributed by atoms with Gasteiger partial charge in [-0.3, -0.25) is 4.79 Å². The van der Waals surface area contributed by atoms with Crippen LogP contribution in [0.3, 0.4) is 0 Å². The van der Waals surface area contributed by atoms with Crippen molar-refractivity contribution in [1.82, 2.24) is 10.2 Å². The lowest BCUT2D eigenvalue weighted by Crippen LogP contribution is -2.49. The van der Waals surface area contributed by atoms with Crippen LogP contribution in [0.4, 0.5) is 0 Å². The third-order valence-electron chi connectivity index (χ3n) is 2.81. The smallest absolute Gasteiger partial charge is 0.222 e. The third kappa shape index (κ3) is 3.75. The molecule has 5 nitrogen and oxygen atoms in total. The van der Waals surface area contributed by atoms with E-state index in [1.807, 2.05) is 7.05 Å². The molecule has 0 aliphatic carbocycles. The highest BCUT2D eigenvalue weighted by Crippen LogP contribution is 2.13. The first-order chi connectivity index (χ1) is 7.46. The molecule has 0 spiro atoms. The number of nitrogens with one attached hydrogen (secondary N) is 1. The Morgan fingerprint density at radius 2 is 2.19 bits per heavy atom. The van der Waals surface area contributed by atoms with Gasteiger partial charge < -0.3 is 10.2 Å². The third-order valence-corrected chi connectivity index (χ3v) is 4.60. The van der Waals surface area contributed by atoms with Crippen molar-refractivity contribution < 1.29 is 13.2 Å². The van der Waals surface area contributed by atoms with E-state index in [1.54, 1.807) is 11.8 Å². The van der Waals surface area contributed by atoms with Crippen molar-refractivity contribution in [3.05, 3.63) is 0 Å². The summed E-state index contributed by atoms with van der Waals surface area (Å²) in [6.45, 7) is 2.96. The normalized spacial score (nSPS) is 24.4. The van der Waals surface area contributed by atoms with E-state index in [0.29, 0.717) is 13.0 Å². The SMILES string of the molecule is CNCCCC(=O)N1CCS(=O)(=O)CC1C. The van der Waals surface area contributed by atoms with E-state index < -0.39 is 9.84 Å². The molecule has 1 unspecified atom stereocenters. The van der Waals surface area contributed by atoms with Gasteiger partial charge in [0.05, 0.1) is 11.5 Å². The Kier molecular flexibility index (Phi) is 4.73. The quantitative estimate of drug-likeness (QED) is 0.690. The number of sulfone groups is 1. The lowest BCUT2D eigenvalue weighted by Gasteiger charge is -2.33. The summed E-state index contributed by atoms with van der Waals surface area (Å²) >= 11 is 0. The van der Waals surface area contributed by atoms with Crippen LogP contribution in [0.5, 0.6) is 0 Å². The van der Waals surface area contributed by atoms with Gasteiger partial charge in [-0.05, 0) is 26.9 Å². The summed E-state index contributed by atoms with van der Waals surface area (Å²) in [5.41, 5.74) is 0. The number of carbonyl (C=O) groups is 1. The number of hydrogen-bond donors (Lipinski definition) is 1. The fraction of sp³-hybridized carbons (Fsp3) is 0.900. The number of hydrogen-bond acceptors (Lipinski definition) is 4. The molecule has 1 heterocycles. The maximum Gasteiger partial charge on any atom is 0.222 e. The zero-order valence-corrected chi connectivity index (χ0v) is 10.7. The summed E-state index contributed by atoms with van der Waals surface area (Å²) in [4.78, 5) is 13.5. The lowest BCUT2D eigenvalue weighted by atomic mass is 10.2. The second kappa shape index (κ2) is 5.63. The van der Waals surface area contributed by atoms with Crippen molar-refractivity contribution in [2.24, 2.45) is 0 Å². The van der Waals surface area contributed by atoms with E-state index in [1.165, 1.54) is 0 Å². The Hall–Kier alpha value is -0.620. The average molecular weight is 248 g/mol. The van der Waals surface area contributed by atoms with Crippen LogP contribution in [0.25, 0.3) is 0 Å². The van der Waals surface area contributed by atoms with E-state index in [2.05, 4.69) is 5.32 Å². The molecule has 0 bridgehead atoms. The summed E-state index contributed by atoms with van der Waals surface area (Å²) in [5, 5.41) is 2.98. The topological polar surface area (TPSA) is 66.5 Å². The molecule has 0 aromatic heterocycles. The molecule has 0 aromatic rings. The number of amides is 1. The van der Waals surface area contributed by atoms with Gasteiger partial charge in [-0.25, -0.2) is 8.42 Å². The standard InChI is InChI=1S/C10H20N2O3S/c1-9-8-16(14,15)7-6-12(9)10(13)4-3-5-11-2/h9,11H,3-8H2,1-2H3. The monoisotopic (exact) mass is 248 g/mol. The molecule has 6 heteroatoms. The van der Waals surface area contributed by atoms with Gasteiger partial charge in [0.2, 0.25) is 5.91 Å². The van der Waals surface area contributed by atoms with Crippen LogP contribution in [-0.4, -0.2) is 56.9 Å². The van der Waals surface area contributed by atoms with Crippen LogP contribution in [0, 0.1) is 0 Å². The molecule has 1 aliphatic heterocycles. The summed E-state index contributed by atoms with van der Waals surface area (Å²) < 4.78 is 22.7. The molecule has 1 rings (SSSR count). The first-order valence-corrected chi connectivity index (χ1v) is 7.43. The highest BCUT2D eigenvalue weighted by atomic mass is 32.2. The van der Waals surface area contributed by atoms with E-state index >= 15 is 0 Å². The van der Waals surface area contributed by atoms with Crippen LogP contribution in [0.15, 0.2) is 0 Å². The Morgan fingerprint density at radius 1 is 1.50 bits per heavy atom. The molecule has 1 aliphatic rings. The van der Waals surface area contributed by atoms with Gasteiger partial charge in [0, 0.05) is 19.0 Å². The van der Waals surface area contributed by atoms with Gasteiger partial charge in [0.1, 0.15) is 0 Å². The maximum absolute atomic E-state index is 11.8. The zero-order chi connectivity index (χ0) is 12.2. The van der Waals surface area contributed by atoms with Crippen molar-refractivity contribution in [1.29, 1.82) is 0 Å². The Morgan fingerprint density at radius 3 is 2.75 bits per heavy atom. The summed E-state index contributed by atoms with van der Waals surface area (Å²) in [7, 11) is -1.08. The summed E-state index contributed by atoms with van der Waals surface area (Å²) in [6.07, 6.45) is 1.29. The number of nitrogens with zero attached hydrogens (tertiary/aromatic N) is 1. The van der Waals surface area contributed by atoms with Crippen molar-refractivity contribution in [3.63, 3.8) is 0 Å². The molecule has 1 N–H and O–H groups in total. The largest absolute Gasteiger partial charge is 0.338 e. The Bertz CT molecular complexity index is 340. The minimum atomic E-state index is -2.93. The van der Waals surface area contributed by atoms with Gasteiger partial charge in [0.15, 0.2) is 9.84 Å². The number of rotatable bonds is 4. The number of carbonyl (C=O) groups excluding carboxylic acids is 1. The Labute approximate surface area is 97.1 Å². The fourth-order valence-electron chi connectivity index (χ4n) is 1.93. The first-order valence-electron chi connectivity index (χ1n) is 5.61. The van der Waals surface area contributed by atoms with Gasteiger partial charge in [-0.2, -0.15) is 0 Å². The van der Waals surface area contributed by atoms with Gasteiger partial charge in [0.25, 0.3) is 0 Å². The van der Waals surface area contributed by atoms with Gasteiger partial charge in [-0.15, -0.1) is 0 Å². The zero-order valence-electron chi connectivity index (χ0n) is 9.90. The van der Waals surface area contributed by atoms with E-state index in [4.69, 9.17) is 0 Å². The van der Waals surface area contributed by atoms with Crippen molar-refractivity contribution >= 4 is 15.7 Å². The van der Waals surface area contributed by atoms with E-state index in [9.17, 15) is 13.2 Å². The predicted octanol–water partition coefficient (Wildman–Crippen LogP) is -0.368. The molecule has 94 valence electrons. The van der Waals surface area contributed by atoms with Gasteiger partial charge in [-0.1, -0.05) is 0 Å². The molecule has 1 fully saturated rings. The molecular weight excluding hydrogens is 228 g/mol. The highest BCUT2D eigenvalue weighted by Gasteiger charge is 2.30. The molecule has 0 aromatic carbocycles. The highest BCUT2D eigenvalue weighted by molar-refractivity contribution is 7.91. The summed E-state index contributed by atoms with van der Waals surface area (Å²) in [5.74, 6) is 0.275. The first kappa shape index (κ1) is 13.4. The van der Waals surface area contributed by atoms with Crippen LogP contribution < -0.4 is 5.32 Å². The second-order valence-electron chi connectivity index (χ2n) is 4.26. The minimum absolute atomic E-state index is 0.0673. The molecule has 1 atom stereocenters. The van der Waals surface area contributed by atoms with Gasteiger partial charge >= 0.3 is 0 Å². The van der Waals surface area contributed by atoms with Crippen molar-refractivity contribution in [3.8, 4) is 0 Å². The van der Waals surface area contributed by atoms with Crippen LogP contribution in [0.1, 0.15) is 19.8 Å². The second-order valence-corrected chi connectivity index (χ2v) is 6.49. The van der Waals surface area contributed by atoms with E-state index in [-0.39, 0.29) is 23.5 Å². The molecular formula is C10H20N2O3S. The van der Waals surface area contributed by atoms with E-state index in [0.717, 1.165) is 13.0 Å². The predicted molar refractivity (Wildman–Crippen MR) is 63.0 cm³/mol. The van der Waals surface area contributed by atoms with Crippen molar-refractivity contribution in [2.45, 2.75) is 25.8 Å². The molecule has 0 saturated carbocycles. The molecule has 16 heavy (non-hydrogen) atoms. The van der Waals surface area contributed by atoms with Crippen molar-refractivity contribution in [2.75, 3.05) is 31.6 Å². The molecule has 1 saturated heterocycles. The maximum atomic E-state index is 11.8. The Balaban J connectivity index is 2.46. The van der Waals surface area contributed by atoms with Crippen LogP contribution in [-0.2, 0) is 14.6 Å². The molecule has 0 radical (unpaired) electrons. The summed E-state index contributed by atoms with van der Waals surface area (Å²) in [6, 6.07) is -0.180.